The summed E-state index contributed by atoms with van der Waals surface area (Å²) in [6.45, 7) is 4.11. The van der Waals surface area contributed by atoms with Crippen molar-refractivity contribution in [3.05, 3.63) is 47.5 Å². The second kappa shape index (κ2) is 5.78. The molecule has 0 saturated heterocycles. The molecule has 0 spiro atoms. The van der Waals surface area contributed by atoms with Crippen LogP contribution >= 0.6 is 11.3 Å². The van der Waals surface area contributed by atoms with Crippen molar-refractivity contribution < 1.29 is 4.79 Å². The standard InChI is InChI=1S/C14H16N2OS/c1-10(2)12(11-6-4-3-5-7-11)13(17)16-14-15-8-9-18-14/h3-10,12H,1-2H3,(H,15,16,17)/t12-/m1/s1. The van der Waals surface area contributed by atoms with Crippen LogP contribution in [0.25, 0.3) is 0 Å². The number of benzene rings is 1. The Hall–Kier alpha value is -1.68. The molecule has 0 aliphatic rings. The molecule has 0 saturated carbocycles. The normalized spacial score (nSPS) is 12.4. The lowest BCUT2D eigenvalue weighted by molar-refractivity contribution is -0.118. The fraction of sp³-hybridized carbons (Fsp3) is 0.286. The molecular weight excluding hydrogens is 244 g/mol. The first-order chi connectivity index (χ1) is 8.68. The first-order valence-electron chi connectivity index (χ1n) is 5.94. The van der Waals surface area contributed by atoms with Gasteiger partial charge in [-0.2, -0.15) is 0 Å². The number of nitrogens with zero attached hydrogens (tertiary/aromatic N) is 1. The Balaban J connectivity index is 2.18. The first kappa shape index (κ1) is 12.8. The van der Waals surface area contributed by atoms with Gasteiger partial charge < -0.3 is 5.32 Å². The third kappa shape index (κ3) is 2.96. The molecule has 2 aromatic rings. The Morgan fingerprint density at radius 1 is 1.28 bits per heavy atom. The molecule has 18 heavy (non-hydrogen) atoms. The van der Waals surface area contributed by atoms with Crippen molar-refractivity contribution in [1.82, 2.24) is 4.98 Å². The van der Waals surface area contributed by atoms with Crippen molar-refractivity contribution in [1.29, 1.82) is 0 Å². The van der Waals surface area contributed by atoms with E-state index in [1.54, 1.807) is 6.20 Å². The molecule has 1 aromatic carbocycles. The molecule has 1 heterocycles. The monoisotopic (exact) mass is 260 g/mol. The average molecular weight is 260 g/mol. The molecular formula is C14H16N2OS. The van der Waals surface area contributed by atoms with Gasteiger partial charge in [-0.05, 0) is 11.5 Å². The number of carbonyl (C=O) groups is 1. The second-order valence-corrected chi connectivity index (χ2v) is 5.35. The highest BCUT2D eigenvalue weighted by molar-refractivity contribution is 7.13. The highest BCUT2D eigenvalue weighted by Crippen LogP contribution is 2.26. The highest BCUT2D eigenvalue weighted by atomic mass is 32.1. The lowest BCUT2D eigenvalue weighted by Crippen LogP contribution is -2.25. The predicted octanol–water partition coefficient (Wildman–Crippen LogP) is 3.52. The van der Waals surface area contributed by atoms with Crippen LogP contribution in [0.3, 0.4) is 0 Å². The van der Waals surface area contributed by atoms with Crippen LogP contribution in [-0.2, 0) is 4.79 Å². The van der Waals surface area contributed by atoms with Crippen LogP contribution in [0.5, 0.6) is 0 Å². The van der Waals surface area contributed by atoms with E-state index in [1.165, 1.54) is 11.3 Å². The van der Waals surface area contributed by atoms with E-state index in [-0.39, 0.29) is 17.7 Å². The van der Waals surface area contributed by atoms with Crippen LogP contribution in [0, 0.1) is 5.92 Å². The maximum Gasteiger partial charge on any atom is 0.233 e. The first-order valence-corrected chi connectivity index (χ1v) is 6.81. The highest BCUT2D eigenvalue weighted by Gasteiger charge is 2.24. The van der Waals surface area contributed by atoms with Gasteiger partial charge >= 0.3 is 0 Å². The minimum absolute atomic E-state index is 0.00569. The predicted molar refractivity (Wildman–Crippen MR) is 74.8 cm³/mol. The summed E-state index contributed by atoms with van der Waals surface area (Å²) in [6, 6.07) is 9.86. The number of hydrogen-bond donors (Lipinski definition) is 1. The number of amides is 1. The lowest BCUT2D eigenvalue weighted by Gasteiger charge is -2.19. The molecule has 94 valence electrons. The van der Waals surface area contributed by atoms with E-state index < -0.39 is 0 Å². The van der Waals surface area contributed by atoms with Crippen molar-refractivity contribution in [3.8, 4) is 0 Å². The van der Waals surface area contributed by atoms with E-state index in [2.05, 4.69) is 24.1 Å². The molecule has 0 fully saturated rings. The van der Waals surface area contributed by atoms with Gasteiger partial charge in [0.1, 0.15) is 0 Å². The van der Waals surface area contributed by atoms with Gasteiger partial charge in [0.05, 0.1) is 5.92 Å². The average Bonchev–Trinajstić information content (AvgIpc) is 2.83. The van der Waals surface area contributed by atoms with Crippen LogP contribution in [0.2, 0.25) is 0 Å². The zero-order chi connectivity index (χ0) is 13.0. The molecule has 0 aliphatic carbocycles. The van der Waals surface area contributed by atoms with Crippen LogP contribution in [0.4, 0.5) is 5.13 Å². The Morgan fingerprint density at radius 3 is 2.56 bits per heavy atom. The Labute approximate surface area is 111 Å². The second-order valence-electron chi connectivity index (χ2n) is 4.46. The molecule has 2 rings (SSSR count). The Kier molecular flexibility index (Phi) is 4.10. The molecule has 0 aliphatic heterocycles. The number of aromatic nitrogens is 1. The van der Waals surface area contributed by atoms with Crippen molar-refractivity contribution in [2.24, 2.45) is 5.92 Å². The van der Waals surface area contributed by atoms with E-state index in [9.17, 15) is 4.79 Å². The van der Waals surface area contributed by atoms with Gasteiger partial charge in [0.15, 0.2) is 5.13 Å². The van der Waals surface area contributed by atoms with Crippen molar-refractivity contribution in [3.63, 3.8) is 0 Å². The summed E-state index contributed by atoms with van der Waals surface area (Å²) in [6.07, 6.45) is 1.69. The number of rotatable bonds is 4. The minimum Gasteiger partial charge on any atom is -0.301 e. The van der Waals surface area contributed by atoms with Gasteiger partial charge in [0, 0.05) is 11.6 Å². The zero-order valence-corrected chi connectivity index (χ0v) is 11.3. The molecule has 3 nitrogen and oxygen atoms in total. The lowest BCUT2D eigenvalue weighted by atomic mass is 9.88. The Bertz CT molecular complexity index is 494. The summed E-state index contributed by atoms with van der Waals surface area (Å²) in [7, 11) is 0. The van der Waals surface area contributed by atoms with E-state index in [0.717, 1.165) is 5.56 Å². The molecule has 1 atom stereocenters. The van der Waals surface area contributed by atoms with E-state index in [0.29, 0.717) is 5.13 Å². The molecule has 1 aromatic heterocycles. The number of anilines is 1. The largest absolute Gasteiger partial charge is 0.301 e. The number of nitrogens with one attached hydrogen (secondary N) is 1. The topological polar surface area (TPSA) is 42.0 Å². The maximum absolute atomic E-state index is 12.3. The molecule has 0 unspecified atom stereocenters. The fourth-order valence-corrected chi connectivity index (χ4v) is 2.50. The molecule has 0 bridgehead atoms. The van der Waals surface area contributed by atoms with Crippen LogP contribution in [0.1, 0.15) is 25.3 Å². The van der Waals surface area contributed by atoms with E-state index in [1.807, 2.05) is 35.7 Å². The summed E-state index contributed by atoms with van der Waals surface area (Å²) in [5, 5.41) is 5.37. The van der Waals surface area contributed by atoms with Gasteiger partial charge in [0.2, 0.25) is 5.91 Å². The summed E-state index contributed by atoms with van der Waals surface area (Å²) < 4.78 is 0. The fourth-order valence-electron chi connectivity index (χ4n) is 1.97. The van der Waals surface area contributed by atoms with Gasteiger partial charge in [-0.1, -0.05) is 44.2 Å². The van der Waals surface area contributed by atoms with Crippen LogP contribution < -0.4 is 5.32 Å². The quantitative estimate of drug-likeness (QED) is 0.913. The van der Waals surface area contributed by atoms with Crippen LogP contribution in [0.15, 0.2) is 41.9 Å². The minimum atomic E-state index is -0.143. The third-order valence-electron chi connectivity index (χ3n) is 2.77. The van der Waals surface area contributed by atoms with E-state index >= 15 is 0 Å². The smallest absolute Gasteiger partial charge is 0.233 e. The summed E-state index contributed by atoms with van der Waals surface area (Å²) in [4.78, 5) is 16.4. The van der Waals surface area contributed by atoms with Gasteiger partial charge in [0.25, 0.3) is 0 Å². The summed E-state index contributed by atoms with van der Waals surface area (Å²) in [5.41, 5.74) is 1.04. The SMILES string of the molecule is CC(C)[C@@H](C(=O)Nc1nccs1)c1ccccc1. The van der Waals surface area contributed by atoms with Crippen LogP contribution in [-0.4, -0.2) is 10.9 Å². The van der Waals surface area contributed by atoms with Gasteiger partial charge in [-0.15, -0.1) is 11.3 Å². The van der Waals surface area contributed by atoms with Gasteiger partial charge in [-0.3, -0.25) is 4.79 Å². The zero-order valence-electron chi connectivity index (χ0n) is 10.5. The number of hydrogen-bond acceptors (Lipinski definition) is 3. The molecule has 4 heteroatoms. The molecule has 0 radical (unpaired) electrons. The number of carbonyl (C=O) groups excluding carboxylic acids is 1. The van der Waals surface area contributed by atoms with Crippen molar-refractivity contribution in [2.45, 2.75) is 19.8 Å². The van der Waals surface area contributed by atoms with Crippen molar-refractivity contribution >= 4 is 22.4 Å². The van der Waals surface area contributed by atoms with Gasteiger partial charge in [-0.25, -0.2) is 4.98 Å². The molecule has 1 amide bonds. The summed E-state index contributed by atoms with van der Waals surface area (Å²) in [5.74, 6) is 0.105. The summed E-state index contributed by atoms with van der Waals surface area (Å²) >= 11 is 1.43. The maximum atomic E-state index is 12.3. The third-order valence-corrected chi connectivity index (χ3v) is 3.46. The Morgan fingerprint density at radius 2 is 2.00 bits per heavy atom. The van der Waals surface area contributed by atoms with Crippen molar-refractivity contribution in [2.75, 3.05) is 5.32 Å². The molecule has 1 N–H and O–H groups in total. The van der Waals surface area contributed by atoms with E-state index in [4.69, 9.17) is 0 Å². The number of thiazole rings is 1.